The fraction of sp³-hybridized carbons (Fsp3) is 0.125. The third kappa shape index (κ3) is 3.91. The predicted molar refractivity (Wildman–Crippen MR) is 117 cm³/mol. The number of imidazole rings is 1. The third-order valence-electron chi connectivity index (χ3n) is 5.00. The molecule has 2 aromatic carbocycles. The maximum Gasteiger partial charge on any atom is 0.338 e. The van der Waals surface area contributed by atoms with E-state index in [0.717, 1.165) is 22.6 Å². The lowest BCUT2D eigenvalue weighted by Crippen LogP contribution is -2.09. The summed E-state index contributed by atoms with van der Waals surface area (Å²) in [4.78, 5) is 19.7. The number of aryl methyl sites for hydroxylation is 2. The second kappa shape index (κ2) is 8.20. The Labute approximate surface area is 178 Å². The molecule has 0 saturated heterocycles. The lowest BCUT2D eigenvalue weighted by Gasteiger charge is -2.10. The molecule has 0 unspecified atom stereocenters. The van der Waals surface area contributed by atoms with Crippen LogP contribution in [0.2, 0.25) is 0 Å². The van der Waals surface area contributed by atoms with Crippen molar-refractivity contribution in [1.82, 2.24) is 14.5 Å². The van der Waals surface area contributed by atoms with Crippen molar-refractivity contribution in [2.24, 2.45) is 0 Å². The number of ether oxygens (including phenoxy) is 1. The molecule has 0 radical (unpaired) electrons. The van der Waals surface area contributed by atoms with E-state index in [0.29, 0.717) is 11.1 Å². The van der Waals surface area contributed by atoms with Gasteiger partial charge in [-0.1, -0.05) is 12.1 Å². The molecule has 0 aliphatic rings. The average molecular weight is 412 g/mol. The van der Waals surface area contributed by atoms with Gasteiger partial charge in [-0.3, -0.25) is 0 Å². The summed E-state index contributed by atoms with van der Waals surface area (Å²) in [6, 6.07) is 20.3. The molecular weight excluding hydrogens is 392 g/mol. The summed E-state index contributed by atoms with van der Waals surface area (Å²) in [5.74, 6) is -0.745. The predicted octanol–water partition coefficient (Wildman–Crippen LogP) is 4.62. The number of nitrogens with zero attached hydrogens (tertiary/aromatic N) is 3. The van der Waals surface area contributed by atoms with Crippen molar-refractivity contribution < 1.29 is 14.6 Å². The van der Waals surface area contributed by atoms with E-state index >= 15 is 0 Å². The first-order valence-electron chi connectivity index (χ1n) is 9.68. The molecule has 7 heteroatoms. The zero-order valence-corrected chi connectivity index (χ0v) is 17.1. The van der Waals surface area contributed by atoms with Gasteiger partial charge in [0.2, 0.25) is 0 Å². The van der Waals surface area contributed by atoms with Crippen LogP contribution in [0.1, 0.15) is 27.6 Å². The van der Waals surface area contributed by atoms with Crippen molar-refractivity contribution in [3.05, 3.63) is 89.2 Å². The number of rotatable bonds is 5. The van der Waals surface area contributed by atoms with Gasteiger partial charge in [-0.2, -0.15) is 5.26 Å². The first-order chi connectivity index (χ1) is 15.0. The van der Waals surface area contributed by atoms with Gasteiger partial charge in [-0.25, -0.2) is 9.78 Å². The Morgan fingerprint density at radius 3 is 2.42 bits per heavy atom. The number of hydrogen-bond donors (Lipinski definition) is 2. The number of esters is 1. The molecule has 0 spiro atoms. The van der Waals surface area contributed by atoms with Gasteiger partial charge in [0.25, 0.3) is 0 Å². The number of allylic oxidation sites excluding steroid dienone is 1. The lowest BCUT2D eigenvalue weighted by atomic mass is 10.2. The Morgan fingerprint density at radius 2 is 1.77 bits per heavy atom. The molecule has 0 saturated carbocycles. The van der Waals surface area contributed by atoms with Crippen molar-refractivity contribution in [2.75, 3.05) is 6.61 Å². The van der Waals surface area contributed by atoms with E-state index in [1.54, 1.807) is 18.2 Å². The third-order valence-corrected chi connectivity index (χ3v) is 5.00. The zero-order chi connectivity index (χ0) is 22.0. The van der Waals surface area contributed by atoms with E-state index in [9.17, 15) is 15.2 Å². The highest BCUT2D eigenvalue weighted by atomic mass is 16.5. The van der Waals surface area contributed by atoms with Crippen LogP contribution >= 0.6 is 0 Å². The minimum absolute atomic E-state index is 0.0714. The van der Waals surface area contributed by atoms with E-state index in [1.165, 1.54) is 0 Å². The van der Waals surface area contributed by atoms with Crippen LogP contribution in [0, 0.1) is 25.2 Å². The molecule has 0 amide bonds. The fourth-order valence-electron chi connectivity index (χ4n) is 3.44. The Bertz CT molecular complexity index is 1280. The van der Waals surface area contributed by atoms with Crippen LogP contribution in [0.5, 0.6) is 0 Å². The summed E-state index contributed by atoms with van der Waals surface area (Å²) in [6.45, 7) is 3.59. The van der Waals surface area contributed by atoms with E-state index in [1.807, 2.05) is 62.4 Å². The number of aliphatic hydroxyl groups is 1. The summed E-state index contributed by atoms with van der Waals surface area (Å²) in [6.07, 6.45) is 0. The topological polar surface area (TPSA) is 104 Å². The minimum Gasteiger partial charge on any atom is -0.507 e. The maximum atomic E-state index is 12.4. The number of aromatic nitrogens is 3. The van der Waals surface area contributed by atoms with Gasteiger partial charge in [0, 0.05) is 17.1 Å². The molecule has 2 N–H and O–H groups in total. The molecule has 0 bridgehead atoms. The largest absolute Gasteiger partial charge is 0.507 e. The zero-order valence-electron chi connectivity index (χ0n) is 17.1. The molecule has 7 nitrogen and oxygen atoms in total. The van der Waals surface area contributed by atoms with E-state index in [4.69, 9.17) is 4.74 Å². The average Bonchev–Trinajstić information content (AvgIpc) is 3.35. The summed E-state index contributed by atoms with van der Waals surface area (Å²) in [7, 11) is 0. The van der Waals surface area contributed by atoms with Crippen LogP contribution in [0.25, 0.3) is 22.3 Å². The molecule has 2 aromatic heterocycles. The van der Waals surface area contributed by atoms with Crippen molar-refractivity contribution in [1.29, 1.82) is 5.26 Å². The maximum absolute atomic E-state index is 12.4. The summed E-state index contributed by atoms with van der Waals surface area (Å²) in [5, 5.41) is 19.8. The smallest absolute Gasteiger partial charge is 0.338 e. The van der Waals surface area contributed by atoms with Crippen LogP contribution in [0.15, 0.2) is 66.4 Å². The number of nitriles is 1. The minimum atomic E-state index is -0.596. The van der Waals surface area contributed by atoms with E-state index in [2.05, 4.69) is 14.5 Å². The molecule has 0 fully saturated rings. The van der Waals surface area contributed by atoms with Crippen LogP contribution in [0.4, 0.5) is 0 Å². The SMILES string of the molecule is Cc1ccc(C)n1-c1ccc(C(=O)OC/C(O)=C(\C#N)c2nc3ccccc3[nH]2)cc1. The fourth-order valence-corrected chi connectivity index (χ4v) is 3.44. The second-order valence-electron chi connectivity index (χ2n) is 7.11. The summed E-state index contributed by atoms with van der Waals surface area (Å²) >= 11 is 0. The molecular formula is C24H20N4O3. The van der Waals surface area contributed by atoms with Crippen molar-refractivity contribution in [3.63, 3.8) is 0 Å². The van der Waals surface area contributed by atoms with Gasteiger partial charge in [0.15, 0.2) is 11.6 Å². The quantitative estimate of drug-likeness (QED) is 0.283. The summed E-state index contributed by atoms with van der Waals surface area (Å²) in [5.41, 5.74) is 4.82. The standard InChI is InChI=1S/C24H20N4O3/c1-15-7-8-16(2)28(15)18-11-9-17(10-12-18)24(30)31-14-22(29)19(13-25)23-26-20-5-3-4-6-21(20)27-23/h3-12,29H,14H2,1-2H3,(H,26,27)/b22-19-. The molecule has 4 aromatic rings. The first-order valence-corrected chi connectivity index (χ1v) is 9.68. The van der Waals surface area contributed by atoms with Crippen LogP contribution in [0.3, 0.4) is 0 Å². The van der Waals surface area contributed by atoms with Crippen LogP contribution in [-0.4, -0.2) is 32.2 Å². The van der Waals surface area contributed by atoms with Crippen LogP contribution in [-0.2, 0) is 4.74 Å². The van der Waals surface area contributed by atoms with Gasteiger partial charge in [0.05, 0.1) is 16.6 Å². The van der Waals surface area contributed by atoms with Crippen molar-refractivity contribution in [2.45, 2.75) is 13.8 Å². The first kappa shape index (κ1) is 20.0. The number of H-pyrrole nitrogens is 1. The lowest BCUT2D eigenvalue weighted by molar-refractivity contribution is 0.0503. The van der Waals surface area contributed by atoms with Crippen LogP contribution < -0.4 is 0 Å². The molecule has 0 aliphatic carbocycles. The summed E-state index contributed by atoms with van der Waals surface area (Å²) < 4.78 is 7.28. The number of nitrogens with one attached hydrogen (secondary N) is 1. The molecule has 2 heterocycles. The molecule has 4 rings (SSSR count). The Hall–Kier alpha value is -4.31. The van der Waals surface area contributed by atoms with Gasteiger partial charge in [-0.15, -0.1) is 0 Å². The number of fused-ring (bicyclic) bond motifs is 1. The number of hydrogen-bond acceptors (Lipinski definition) is 5. The van der Waals surface area contributed by atoms with E-state index in [-0.39, 0.29) is 17.2 Å². The number of aliphatic hydroxyl groups excluding tert-OH is 1. The number of carbonyl (C=O) groups is 1. The van der Waals surface area contributed by atoms with Gasteiger partial charge < -0.3 is 19.4 Å². The van der Waals surface area contributed by atoms with Crippen molar-refractivity contribution >= 4 is 22.6 Å². The van der Waals surface area contributed by atoms with Gasteiger partial charge in [0.1, 0.15) is 18.2 Å². The van der Waals surface area contributed by atoms with Gasteiger partial charge in [-0.05, 0) is 62.4 Å². The normalized spacial score (nSPS) is 11.8. The monoisotopic (exact) mass is 412 g/mol. The number of carbonyl (C=O) groups excluding carboxylic acids is 1. The second-order valence-corrected chi connectivity index (χ2v) is 7.11. The highest BCUT2D eigenvalue weighted by Gasteiger charge is 2.16. The number of aromatic amines is 1. The molecule has 154 valence electrons. The Kier molecular flexibility index (Phi) is 5.29. The number of para-hydroxylation sites is 2. The Morgan fingerprint density at radius 1 is 1.10 bits per heavy atom. The molecule has 0 aliphatic heterocycles. The van der Waals surface area contributed by atoms with Crippen molar-refractivity contribution in [3.8, 4) is 11.8 Å². The van der Waals surface area contributed by atoms with E-state index < -0.39 is 12.6 Å². The van der Waals surface area contributed by atoms with Gasteiger partial charge >= 0.3 is 5.97 Å². The molecule has 0 atom stereocenters. The highest BCUT2D eigenvalue weighted by molar-refractivity contribution is 5.90. The highest BCUT2D eigenvalue weighted by Crippen LogP contribution is 2.20. The molecule has 31 heavy (non-hydrogen) atoms. The number of benzene rings is 2. The Balaban J connectivity index is 1.49.